The predicted octanol–water partition coefficient (Wildman–Crippen LogP) is -1.25. The van der Waals surface area contributed by atoms with Gasteiger partial charge in [0.2, 0.25) is 41.1 Å². The number of carboxylic acid groups (broad SMARTS) is 2. The van der Waals surface area contributed by atoms with E-state index in [1.807, 2.05) is 0 Å². The van der Waals surface area contributed by atoms with Gasteiger partial charge in [0.1, 0.15) is 18.1 Å². The molecule has 0 saturated carbocycles. The van der Waals surface area contributed by atoms with Gasteiger partial charge in [-0.1, -0.05) is 24.3 Å². The Morgan fingerprint density at radius 1 is 0.769 bits per heavy atom. The van der Waals surface area contributed by atoms with E-state index in [-0.39, 0.29) is 48.9 Å². The normalized spacial score (nSPS) is 15.7. The van der Waals surface area contributed by atoms with Crippen molar-refractivity contribution < 1.29 is 58.2 Å². The Morgan fingerprint density at radius 3 is 2.00 bits per heavy atom. The number of aliphatic carboxylic acids is 2. The zero-order valence-corrected chi connectivity index (χ0v) is 27.6. The Hall–Kier alpha value is -6.46. The highest BCUT2D eigenvalue weighted by molar-refractivity contribution is 6.53. The number of likely N-dealkylation sites (tertiary alicyclic amines) is 1. The molecule has 1 fully saturated rings. The van der Waals surface area contributed by atoms with E-state index >= 15 is 0 Å². The van der Waals surface area contributed by atoms with E-state index in [0.29, 0.717) is 17.5 Å². The van der Waals surface area contributed by atoms with Gasteiger partial charge >= 0.3 is 11.9 Å². The Morgan fingerprint density at radius 2 is 1.37 bits per heavy atom. The SMILES string of the molecule is NC(=O)CCC(NC(=O)CNC(=O)c1ccc2c(c1)-c1ccccc1C(=O)C2=O)C(=O)NCC(=O)NC(CCC(=O)O)C(=O)N1CCCC1C(=O)O. The lowest BCUT2D eigenvalue weighted by Crippen LogP contribution is -2.54. The van der Waals surface area contributed by atoms with Crippen molar-refractivity contribution in [3.8, 4) is 11.1 Å². The van der Waals surface area contributed by atoms with Crippen molar-refractivity contribution in [3.63, 3.8) is 0 Å². The van der Waals surface area contributed by atoms with Gasteiger partial charge in [-0.15, -0.1) is 0 Å². The molecule has 1 aliphatic carbocycles. The number of hydrogen-bond donors (Lipinski definition) is 7. The predicted molar refractivity (Wildman–Crippen MR) is 177 cm³/mol. The molecule has 52 heavy (non-hydrogen) atoms. The van der Waals surface area contributed by atoms with Gasteiger partial charge < -0.3 is 42.1 Å². The van der Waals surface area contributed by atoms with Crippen LogP contribution in [0, 0.1) is 0 Å². The second-order valence-electron chi connectivity index (χ2n) is 12.1. The average Bonchev–Trinajstić information content (AvgIpc) is 3.62. The molecular formula is C34H36N6O12. The summed E-state index contributed by atoms with van der Waals surface area (Å²) in [6.07, 6.45) is -0.919. The maximum Gasteiger partial charge on any atom is 0.326 e. The third-order valence-corrected chi connectivity index (χ3v) is 8.46. The van der Waals surface area contributed by atoms with Crippen LogP contribution in [0.25, 0.3) is 11.1 Å². The summed E-state index contributed by atoms with van der Waals surface area (Å²) in [4.78, 5) is 125. The van der Waals surface area contributed by atoms with Gasteiger partial charge in [-0.25, -0.2) is 4.79 Å². The Balaban J connectivity index is 1.35. The number of benzene rings is 2. The van der Waals surface area contributed by atoms with Gasteiger partial charge in [0.25, 0.3) is 5.91 Å². The lowest BCUT2D eigenvalue weighted by atomic mass is 9.83. The minimum absolute atomic E-state index is 0.0703. The lowest BCUT2D eigenvalue weighted by Gasteiger charge is -2.27. The summed E-state index contributed by atoms with van der Waals surface area (Å²) < 4.78 is 0. The molecule has 1 aliphatic heterocycles. The minimum atomic E-state index is -1.40. The summed E-state index contributed by atoms with van der Waals surface area (Å²) in [5.41, 5.74) is 6.42. The van der Waals surface area contributed by atoms with E-state index < -0.39 is 96.6 Å². The first-order valence-electron chi connectivity index (χ1n) is 16.2. The number of nitrogens with two attached hydrogens (primary N) is 1. The third-order valence-electron chi connectivity index (χ3n) is 8.46. The van der Waals surface area contributed by atoms with Crippen LogP contribution in [0.15, 0.2) is 42.5 Å². The molecule has 1 saturated heterocycles. The summed E-state index contributed by atoms with van der Waals surface area (Å²) in [5, 5.41) is 27.9. The quantitative estimate of drug-likeness (QED) is 0.100. The van der Waals surface area contributed by atoms with E-state index in [2.05, 4.69) is 21.3 Å². The van der Waals surface area contributed by atoms with Crippen LogP contribution in [0.5, 0.6) is 0 Å². The monoisotopic (exact) mass is 720 g/mol. The fraction of sp³-hybridized carbons (Fsp3) is 0.353. The smallest absolute Gasteiger partial charge is 0.326 e. The zero-order valence-electron chi connectivity index (χ0n) is 27.6. The first-order valence-corrected chi connectivity index (χ1v) is 16.2. The van der Waals surface area contributed by atoms with Crippen molar-refractivity contribution in [2.45, 2.75) is 56.7 Å². The summed E-state index contributed by atoms with van der Waals surface area (Å²) in [7, 11) is 0. The average molecular weight is 721 g/mol. The van der Waals surface area contributed by atoms with Crippen LogP contribution in [0.1, 0.15) is 69.6 Å². The van der Waals surface area contributed by atoms with E-state index in [0.717, 1.165) is 4.90 Å². The molecule has 2 aliphatic rings. The van der Waals surface area contributed by atoms with Crippen LogP contribution < -0.4 is 27.0 Å². The van der Waals surface area contributed by atoms with Crippen LogP contribution in [0.4, 0.5) is 0 Å². The van der Waals surface area contributed by atoms with Crippen LogP contribution in [-0.4, -0.2) is 112 Å². The highest BCUT2D eigenvalue weighted by Gasteiger charge is 2.38. The number of ketones is 2. The molecule has 3 atom stereocenters. The Kier molecular flexibility index (Phi) is 12.5. The molecule has 18 nitrogen and oxygen atoms in total. The number of primary amides is 1. The number of fused-ring (bicyclic) bond motifs is 3. The van der Waals surface area contributed by atoms with Crippen molar-refractivity contribution in [2.24, 2.45) is 5.73 Å². The van der Waals surface area contributed by atoms with E-state index in [4.69, 9.17) is 10.8 Å². The fourth-order valence-electron chi connectivity index (χ4n) is 5.88. The fourth-order valence-corrected chi connectivity index (χ4v) is 5.88. The third kappa shape index (κ3) is 9.40. The first kappa shape index (κ1) is 38.3. The zero-order chi connectivity index (χ0) is 38.1. The summed E-state index contributed by atoms with van der Waals surface area (Å²) in [5.74, 6) is -8.91. The number of nitrogens with one attached hydrogen (secondary N) is 4. The van der Waals surface area contributed by atoms with Crippen molar-refractivity contribution in [2.75, 3.05) is 19.6 Å². The summed E-state index contributed by atoms with van der Waals surface area (Å²) >= 11 is 0. The molecule has 0 bridgehead atoms. The highest BCUT2D eigenvalue weighted by atomic mass is 16.4. The largest absolute Gasteiger partial charge is 0.481 e. The Labute approximate surface area is 295 Å². The van der Waals surface area contributed by atoms with Gasteiger partial charge in [-0.3, -0.25) is 43.2 Å². The number of hydrogen-bond acceptors (Lipinski definition) is 10. The minimum Gasteiger partial charge on any atom is -0.481 e. The molecule has 4 rings (SSSR count). The number of amides is 6. The van der Waals surface area contributed by atoms with Gasteiger partial charge in [-0.05, 0) is 55.0 Å². The topological polar surface area (TPSA) is 289 Å². The molecule has 0 aromatic heterocycles. The van der Waals surface area contributed by atoms with Crippen LogP contribution in [0.2, 0.25) is 0 Å². The van der Waals surface area contributed by atoms with E-state index in [1.165, 1.54) is 24.3 Å². The molecule has 3 unspecified atom stereocenters. The molecule has 2 aromatic rings. The molecule has 2 aromatic carbocycles. The molecule has 8 N–H and O–H groups in total. The highest BCUT2D eigenvalue weighted by Crippen LogP contribution is 2.34. The maximum absolute atomic E-state index is 13.1. The molecule has 274 valence electrons. The van der Waals surface area contributed by atoms with E-state index in [1.54, 1.807) is 18.2 Å². The van der Waals surface area contributed by atoms with Crippen molar-refractivity contribution >= 4 is 58.9 Å². The van der Waals surface area contributed by atoms with Gasteiger partial charge in [0.05, 0.1) is 13.1 Å². The second kappa shape index (κ2) is 17.0. The Bertz CT molecular complexity index is 1840. The summed E-state index contributed by atoms with van der Waals surface area (Å²) in [6.45, 7) is -1.28. The first-order chi connectivity index (χ1) is 24.7. The summed E-state index contributed by atoms with van der Waals surface area (Å²) in [6, 6.07) is 6.54. The number of Topliss-reactive ketones (excluding diaryl/α,β-unsaturated/α-hetero) is 2. The van der Waals surface area contributed by atoms with Crippen LogP contribution in [-0.2, 0) is 33.6 Å². The molecule has 0 radical (unpaired) electrons. The van der Waals surface area contributed by atoms with Gasteiger partial charge in [0, 0.05) is 36.1 Å². The molecule has 6 amide bonds. The van der Waals surface area contributed by atoms with Gasteiger partial charge in [0.15, 0.2) is 0 Å². The molecular weight excluding hydrogens is 684 g/mol. The second-order valence-corrected chi connectivity index (χ2v) is 12.1. The van der Waals surface area contributed by atoms with Crippen LogP contribution >= 0.6 is 0 Å². The maximum atomic E-state index is 13.1. The molecule has 18 heteroatoms. The van der Waals surface area contributed by atoms with Crippen molar-refractivity contribution in [1.82, 2.24) is 26.2 Å². The van der Waals surface area contributed by atoms with Crippen molar-refractivity contribution in [3.05, 3.63) is 59.2 Å². The number of carboxylic acids is 2. The number of carbonyl (C=O) groups excluding carboxylic acids is 8. The van der Waals surface area contributed by atoms with Gasteiger partial charge in [-0.2, -0.15) is 0 Å². The standard InChI is InChI=1S/C34H36N6O12/c35-25(41)11-9-22(32(49)37-16-27(43)39-23(10-12-28(44)45)33(50)40-13-3-6-24(40)34(51)52)38-26(42)15-36-31(48)17-7-8-20-21(14-17)18-4-1-2-5-19(18)29(46)30(20)47/h1-2,4-5,7-8,14,22-24H,3,6,9-13,15-16H2,(H2,35,41)(H,36,48)(H,37,49)(H,38,42)(H,39,43)(H,44,45)(H,51,52). The molecule has 1 heterocycles. The van der Waals surface area contributed by atoms with Crippen molar-refractivity contribution in [1.29, 1.82) is 0 Å². The number of nitrogens with zero attached hydrogens (tertiary/aromatic N) is 1. The number of rotatable bonds is 16. The molecule has 0 spiro atoms. The number of carbonyl (C=O) groups is 10. The van der Waals surface area contributed by atoms with Crippen LogP contribution in [0.3, 0.4) is 0 Å². The lowest BCUT2D eigenvalue weighted by molar-refractivity contribution is -0.149. The van der Waals surface area contributed by atoms with E-state index in [9.17, 15) is 53.1 Å².